The molecule has 0 aromatic heterocycles. The summed E-state index contributed by atoms with van der Waals surface area (Å²) in [6.07, 6.45) is 1.30. The molecule has 11 heteroatoms. The van der Waals surface area contributed by atoms with Gasteiger partial charge < -0.3 is 14.8 Å². The number of nitrogens with zero attached hydrogens (tertiary/aromatic N) is 1. The smallest absolute Gasteiger partial charge is 0.343 e. The number of methoxy groups -OCH3 is 1. The molecule has 0 aliphatic rings. The van der Waals surface area contributed by atoms with Crippen LogP contribution >= 0.6 is 39.1 Å². The first kappa shape index (κ1) is 25.2. The standard InChI is InChI=1S/C23H16BrCl2N3O5/c1-33-20-10-13(2-9-19(20)34-23(32)14-3-8-17(25)18(26)11-14)12-27-29-22(31)21(30)28-16-6-4-15(24)5-7-16/h2-12H,1H3,(H,28,30)(H,29,31)/b27-12-. The maximum Gasteiger partial charge on any atom is 0.343 e. The zero-order valence-corrected chi connectivity index (χ0v) is 20.6. The lowest BCUT2D eigenvalue weighted by molar-refractivity contribution is -0.136. The minimum Gasteiger partial charge on any atom is -0.493 e. The highest BCUT2D eigenvalue weighted by molar-refractivity contribution is 9.10. The van der Waals surface area contributed by atoms with Crippen molar-refractivity contribution in [3.63, 3.8) is 0 Å². The third kappa shape index (κ3) is 6.80. The Morgan fingerprint density at radius 1 is 0.912 bits per heavy atom. The number of carbonyl (C=O) groups excluding carboxylic acids is 3. The van der Waals surface area contributed by atoms with Crippen LogP contribution in [-0.4, -0.2) is 31.1 Å². The molecule has 8 nitrogen and oxygen atoms in total. The van der Waals surface area contributed by atoms with Crippen LogP contribution < -0.4 is 20.2 Å². The van der Waals surface area contributed by atoms with Crippen molar-refractivity contribution < 1.29 is 23.9 Å². The van der Waals surface area contributed by atoms with Gasteiger partial charge >= 0.3 is 17.8 Å². The van der Waals surface area contributed by atoms with E-state index in [0.717, 1.165) is 4.47 Å². The predicted molar refractivity (Wildman–Crippen MR) is 133 cm³/mol. The summed E-state index contributed by atoms with van der Waals surface area (Å²) < 4.78 is 11.5. The number of hydrazone groups is 1. The highest BCUT2D eigenvalue weighted by Crippen LogP contribution is 2.29. The maximum atomic E-state index is 12.4. The number of ether oxygens (including phenoxy) is 2. The van der Waals surface area contributed by atoms with Gasteiger partial charge in [0.2, 0.25) is 0 Å². The molecule has 0 fully saturated rings. The summed E-state index contributed by atoms with van der Waals surface area (Å²) in [5.74, 6) is -2.06. The van der Waals surface area contributed by atoms with Crippen LogP contribution in [0.2, 0.25) is 10.0 Å². The number of esters is 1. The van der Waals surface area contributed by atoms with Crippen molar-refractivity contribution in [2.24, 2.45) is 5.10 Å². The van der Waals surface area contributed by atoms with Crippen molar-refractivity contribution in [2.45, 2.75) is 0 Å². The zero-order valence-electron chi connectivity index (χ0n) is 17.5. The summed E-state index contributed by atoms with van der Waals surface area (Å²) in [5, 5.41) is 6.76. The van der Waals surface area contributed by atoms with Crippen molar-refractivity contribution in [2.75, 3.05) is 12.4 Å². The molecule has 0 spiro atoms. The first-order valence-corrected chi connectivity index (χ1v) is 11.1. The molecular formula is C23H16BrCl2N3O5. The first-order chi connectivity index (χ1) is 16.3. The highest BCUT2D eigenvalue weighted by atomic mass is 79.9. The van der Waals surface area contributed by atoms with E-state index in [1.165, 1.54) is 43.7 Å². The minimum absolute atomic E-state index is 0.161. The summed E-state index contributed by atoms with van der Waals surface area (Å²) >= 11 is 15.1. The van der Waals surface area contributed by atoms with E-state index in [1.807, 2.05) is 0 Å². The number of nitrogens with one attached hydrogen (secondary N) is 2. The number of carbonyl (C=O) groups is 3. The molecule has 0 unspecified atom stereocenters. The van der Waals surface area contributed by atoms with Crippen LogP contribution in [0.5, 0.6) is 11.5 Å². The topological polar surface area (TPSA) is 106 Å². The summed E-state index contributed by atoms with van der Waals surface area (Å²) in [5.41, 5.74) is 3.33. The molecule has 0 heterocycles. The van der Waals surface area contributed by atoms with Crippen LogP contribution in [0.15, 0.2) is 70.2 Å². The average Bonchev–Trinajstić information content (AvgIpc) is 2.82. The Morgan fingerprint density at radius 2 is 1.65 bits per heavy atom. The van der Waals surface area contributed by atoms with Gasteiger partial charge in [0.15, 0.2) is 11.5 Å². The number of anilines is 1. The zero-order chi connectivity index (χ0) is 24.7. The normalized spacial score (nSPS) is 10.6. The Balaban J connectivity index is 1.61. The lowest BCUT2D eigenvalue weighted by Gasteiger charge is -2.10. The van der Waals surface area contributed by atoms with Gasteiger partial charge in [0.25, 0.3) is 0 Å². The first-order valence-electron chi connectivity index (χ1n) is 9.52. The molecule has 3 rings (SSSR count). The van der Waals surface area contributed by atoms with E-state index in [1.54, 1.807) is 30.3 Å². The van der Waals surface area contributed by atoms with Crippen molar-refractivity contribution in [3.05, 3.63) is 86.3 Å². The predicted octanol–water partition coefficient (Wildman–Crippen LogP) is 5.07. The summed E-state index contributed by atoms with van der Waals surface area (Å²) in [7, 11) is 1.40. The van der Waals surface area contributed by atoms with Gasteiger partial charge in [-0.05, 0) is 66.2 Å². The average molecular weight is 565 g/mol. The molecule has 0 aliphatic heterocycles. The molecule has 2 amide bonds. The molecule has 0 radical (unpaired) electrons. The van der Waals surface area contributed by atoms with Crippen molar-refractivity contribution in [1.82, 2.24) is 5.43 Å². The molecule has 174 valence electrons. The van der Waals surface area contributed by atoms with Gasteiger partial charge in [0.05, 0.1) is 28.9 Å². The van der Waals surface area contributed by atoms with Crippen LogP contribution in [0.3, 0.4) is 0 Å². The molecule has 3 aromatic carbocycles. The van der Waals surface area contributed by atoms with Gasteiger partial charge in [-0.25, -0.2) is 10.2 Å². The van der Waals surface area contributed by atoms with Crippen LogP contribution in [0.4, 0.5) is 5.69 Å². The fraction of sp³-hybridized carbons (Fsp3) is 0.0435. The molecule has 0 aliphatic carbocycles. The highest BCUT2D eigenvalue weighted by Gasteiger charge is 2.15. The minimum atomic E-state index is -0.946. The van der Waals surface area contributed by atoms with E-state index < -0.39 is 17.8 Å². The van der Waals surface area contributed by atoms with E-state index in [0.29, 0.717) is 16.3 Å². The molecule has 0 atom stereocenters. The third-order valence-corrected chi connectivity index (χ3v) is 5.50. The molecule has 0 saturated carbocycles. The molecule has 0 saturated heterocycles. The van der Waals surface area contributed by atoms with Gasteiger partial charge in [0, 0.05) is 10.2 Å². The third-order valence-electron chi connectivity index (χ3n) is 4.23. The van der Waals surface area contributed by atoms with Crippen LogP contribution in [-0.2, 0) is 9.59 Å². The van der Waals surface area contributed by atoms with Gasteiger partial charge in [-0.2, -0.15) is 5.10 Å². The fourth-order valence-corrected chi connectivity index (χ4v) is 3.13. The largest absolute Gasteiger partial charge is 0.493 e. The second-order valence-corrected chi connectivity index (χ2v) is 8.32. The van der Waals surface area contributed by atoms with Crippen molar-refractivity contribution >= 4 is 68.8 Å². The molecule has 0 bridgehead atoms. The Morgan fingerprint density at radius 3 is 2.32 bits per heavy atom. The Hall–Kier alpha value is -3.40. The van der Waals surface area contributed by atoms with Gasteiger partial charge in [-0.1, -0.05) is 39.1 Å². The molecule has 34 heavy (non-hydrogen) atoms. The Labute approximate surface area is 213 Å². The Kier molecular flexibility index (Phi) is 8.64. The summed E-state index contributed by atoms with van der Waals surface area (Å²) in [6.45, 7) is 0. The number of hydrogen-bond donors (Lipinski definition) is 2. The number of amides is 2. The SMILES string of the molecule is COc1cc(/C=N\NC(=O)C(=O)Nc2ccc(Br)cc2)ccc1OC(=O)c1ccc(Cl)c(Cl)c1. The van der Waals surface area contributed by atoms with Crippen molar-refractivity contribution in [1.29, 1.82) is 0 Å². The summed E-state index contributed by atoms with van der Waals surface area (Å²) in [6, 6.07) is 15.7. The second kappa shape index (κ2) is 11.6. The number of hydrogen-bond acceptors (Lipinski definition) is 6. The van der Waals surface area contributed by atoms with Crippen LogP contribution in [0.1, 0.15) is 15.9 Å². The quantitative estimate of drug-likeness (QED) is 0.143. The van der Waals surface area contributed by atoms with Gasteiger partial charge in [-0.15, -0.1) is 0 Å². The van der Waals surface area contributed by atoms with Gasteiger partial charge in [0.1, 0.15) is 0 Å². The Bertz CT molecular complexity index is 1270. The number of benzene rings is 3. The van der Waals surface area contributed by atoms with E-state index >= 15 is 0 Å². The lowest BCUT2D eigenvalue weighted by Crippen LogP contribution is -2.32. The van der Waals surface area contributed by atoms with Crippen LogP contribution in [0, 0.1) is 0 Å². The van der Waals surface area contributed by atoms with Crippen LogP contribution in [0.25, 0.3) is 0 Å². The molecule has 3 aromatic rings. The lowest BCUT2D eigenvalue weighted by atomic mass is 10.2. The fourth-order valence-electron chi connectivity index (χ4n) is 2.57. The monoisotopic (exact) mass is 563 g/mol. The van der Waals surface area contributed by atoms with Crippen molar-refractivity contribution in [3.8, 4) is 11.5 Å². The van der Waals surface area contributed by atoms with E-state index in [2.05, 4.69) is 31.8 Å². The number of halogens is 3. The van der Waals surface area contributed by atoms with E-state index in [-0.39, 0.29) is 22.1 Å². The summed E-state index contributed by atoms with van der Waals surface area (Å²) in [4.78, 5) is 36.3. The van der Waals surface area contributed by atoms with E-state index in [4.69, 9.17) is 32.7 Å². The number of rotatable bonds is 6. The molecular weight excluding hydrogens is 549 g/mol. The van der Waals surface area contributed by atoms with E-state index in [9.17, 15) is 14.4 Å². The van der Waals surface area contributed by atoms with Gasteiger partial charge in [-0.3, -0.25) is 9.59 Å². The molecule has 2 N–H and O–H groups in total. The maximum absolute atomic E-state index is 12.4. The second-order valence-electron chi connectivity index (χ2n) is 6.59.